The van der Waals surface area contributed by atoms with Gasteiger partial charge in [0.1, 0.15) is 0 Å². The van der Waals surface area contributed by atoms with Crippen LogP contribution >= 0.6 is 23.2 Å². The molecule has 0 radical (unpaired) electrons. The van der Waals surface area contributed by atoms with Crippen LogP contribution in [0.5, 0.6) is 0 Å². The normalized spacial score (nSPS) is 11.8. The highest BCUT2D eigenvalue weighted by atomic mass is 35.5. The first-order chi connectivity index (χ1) is 11.1. The molecule has 0 bridgehead atoms. The second-order valence-electron chi connectivity index (χ2n) is 5.99. The van der Waals surface area contributed by atoms with Crippen molar-refractivity contribution in [2.75, 3.05) is 6.54 Å². The lowest BCUT2D eigenvalue weighted by atomic mass is 10.0. The summed E-state index contributed by atoms with van der Waals surface area (Å²) in [6, 6.07) is 7.33. The summed E-state index contributed by atoms with van der Waals surface area (Å²) in [5, 5.41) is 0.959. The van der Waals surface area contributed by atoms with Crippen LogP contribution in [0.4, 0.5) is 0 Å². The number of hydrogen-bond acceptors (Lipinski definition) is 2. The van der Waals surface area contributed by atoms with Crippen molar-refractivity contribution in [3.8, 4) is 0 Å². The smallest absolute Gasteiger partial charge is 0.211 e. The Morgan fingerprint density at radius 1 is 0.917 bits per heavy atom. The maximum absolute atomic E-state index is 12.7. The quantitative estimate of drug-likeness (QED) is 0.806. The van der Waals surface area contributed by atoms with Gasteiger partial charge in [0.2, 0.25) is 10.0 Å². The number of aryl methyl sites for hydroxylation is 2. The second-order valence-corrected chi connectivity index (χ2v) is 8.50. The maximum Gasteiger partial charge on any atom is 0.241 e. The van der Waals surface area contributed by atoms with Crippen molar-refractivity contribution in [1.82, 2.24) is 4.72 Å². The highest BCUT2D eigenvalue weighted by Crippen LogP contribution is 2.26. The van der Waals surface area contributed by atoms with Crippen LogP contribution in [0.25, 0.3) is 0 Å². The molecular weight excluding hydrogens is 365 g/mol. The summed E-state index contributed by atoms with van der Waals surface area (Å²) in [7, 11) is -3.56. The van der Waals surface area contributed by atoms with Gasteiger partial charge < -0.3 is 0 Å². The molecule has 3 nitrogen and oxygen atoms in total. The Labute approximate surface area is 154 Å². The molecule has 0 aliphatic carbocycles. The maximum atomic E-state index is 12.7. The molecule has 0 spiro atoms. The van der Waals surface area contributed by atoms with Gasteiger partial charge in [-0.05, 0) is 74.1 Å². The van der Waals surface area contributed by atoms with Crippen molar-refractivity contribution in [2.45, 2.75) is 39.0 Å². The van der Waals surface area contributed by atoms with Crippen molar-refractivity contribution in [3.05, 3.63) is 62.1 Å². The fraction of sp³-hybridized carbons (Fsp3) is 0.333. The van der Waals surface area contributed by atoms with E-state index in [0.29, 0.717) is 27.9 Å². The van der Waals surface area contributed by atoms with Crippen LogP contribution in [0.3, 0.4) is 0 Å². The minimum absolute atomic E-state index is 0.298. The molecule has 0 unspecified atom stereocenters. The fourth-order valence-electron chi connectivity index (χ4n) is 2.68. The summed E-state index contributed by atoms with van der Waals surface area (Å²) < 4.78 is 28.2. The third-order valence-corrected chi connectivity index (χ3v) is 6.73. The molecule has 0 saturated heterocycles. The third-order valence-electron chi connectivity index (χ3n) is 4.26. The largest absolute Gasteiger partial charge is 0.241 e. The average Bonchev–Trinajstić information content (AvgIpc) is 2.49. The minimum Gasteiger partial charge on any atom is -0.211 e. The van der Waals surface area contributed by atoms with Gasteiger partial charge in [-0.25, -0.2) is 13.1 Å². The Morgan fingerprint density at radius 3 is 2.04 bits per heavy atom. The predicted octanol–water partition coefficient (Wildman–Crippen LogP) is 4.75. The van der Waals surface area contributed by atoms with E-state index < -0.39 is 10.0 Å². The molecule has 0 saturated carbocycles. The van der Waals surface area contributed by atoms with Gasteiger partial charge in [-0.15, -0.1) is 0 Å². The molecule has 0 heterocycles. The topological polar surface area (TPSA) is 46.2 Å². The standard InChI is InChI=1S/C18H21Cl2NO2S/c1-11-9-12(2)14(4)18(13(11)3)24(22,23)21-8-7-15-5-6-16(19)17(20)10-15/h5-6,9-10,21H,7-8H2,1-4H3. The van der Waals surface area contributed by atoms with Crippen LogP contribution in [0.1, 0.15) is 27.8 Å². The lowest BCUT2D eigenvalue weighted by molar-refractivity contribution is 0.580. The lowest BCUT2D eigenvalue weighted by Crippen LogP contribution is -2.27. The Morgan fingerprint density at radius 2 is 1.50 bits per heavy atom. The molecule has 0 aromatic heterocycles. The van der Waals surface area contributed by atoms with E-state index in [1.807, 2.05) is 39.8 Å². The second kappa shape index (κ2) is 7.44. The molecule has 0 atom stereocenters. The van der Waals surface area contributed by atoms with E-state index >= 15 is 0 Å². The summed E-state index contributed by atoms with van der Waals surface area (Å²) in [4.78, 5) is 0.383. The molecule has 24 heavy (non-hydrogen) atoms. The van der Waals surface area contributed by atoms with Crippen molar-refractivity contribution in [2.24, 2.45) is 0 Å². The van der Waals surface area contributed by atoms with E-state index in [0.717, 1.165) is 27.8 Å². The zero-order valence-corrected chi connectivity index (χ0v) is 16.5. The highest BCUT2D eigenvalue weighted by molar-refractivity contribution is 7.89. The fourth-order valence-corrected chi connectivity index (χ4v) is 4.64. The summed E-state index contributed by atoms with van der Waals surface area (Å²) in [5.41, 5.74) is 4.46. The number of halogens is 2. The number of rotatable bonds is 5. The first kappa shape index (κ1) is 19.3. The minimum atomic E-state index is -3.56. The summed E-state index contributed by atoms with van der Waals surface area (Å²) in [5.74, 6) is 0. The first-order valence-corrected chi connectivity index (χ1v) is 9.88. The van der Waals surface area contributed by atoms with Crippen LogP contribution < -0.4 is 4.72 Å². The van der Waals surface area contributed by atoms with Gasteiger partial charge >= 0.3 is 0 Å². The highest BCUT2D eigenvalue weighted by Gasteiger charge is 2.21. The van der Waals surface area contributed by atoms with E-state index in [4.69, 9.17) is 23.2 Å². The van der Waals surface area contributed by atoms with Crippen molar-refractivity contribution < 1.29 is 8.42 Å². The molecule has 2 aromatic carbocycles. The predicted molar refractivity (Wildman–Crippen MR) is 101 cm³/mol. The monoisotopic (exact) mass is 385 g/mol. The number of sulfonamides is 1. The van der Waals surface area contributed by atoms with E-state index in [2.05, 4.69) is 4.72 Å². The van der Waals surface area contributed by atoms with Gasteiger partial charge in [0, 0.05) is 6.54 Å². The molecule has 2 rings (SSSR count). The summed E-state index contributed by atoms with van der Waals surface area (Å²) in [6.45, 7) is 7.84. The molecule has 0 fully saturated rings. The molecule has 0 amide bonds. The molecule has 130 valence electrons. The van der Waals surface area contributed by atoms with E-state index in [1.54, 1.807) is 12.1 Å². The van der Waals surface area contributed by atoms with Gasteiger partial charge in [-0.1, -0.05) is 35.3 Å². The molecule has 0 aliphatic heterocycles. The number of benzene rings is 2. The van der Waals surface area contributed by atoms with E-state index in [9.17, 15) is 8.42 Å². The first-order valence-electron chi connectivity index (χ1n) is 7.64. The van der Waals surface area contributed by atoms with Crippen molar-refractivity contribution >= 4 is 33.2 Å². The van der Waals surface area contributed by atoms with Gasteiger partial charge in [0.05, 0.1) is 14.9 Å². The average molecular weight is 386 g/mol. The molecule has 0 aliphatic rings. The summed E-state index contributed by atoms with van der Waals surface area (Å²) in [6.07, 6.45) is 0.541. The van der Waals surface area contributed by atoms with Gasteiger partial charge in [0.25, 0.3) is 0 Å². The van der Waals surface area contributed by atoms with Crippen LogP contribution in [-0.4, -0.2) is 15.0 Å². The third kappa shape index (κ3) is 4.12. The van der Waals surface area contributed by atoms with Gasteiger partial charge in [-0.3, -0.25) is 0 Å². The van der Waals surface area contributed by atoms with E-state index in [-0.39, 0.29) is 0 Å². The molecule has 6 heteroatoms. The molecular formula is C18H21Cl2NO2S. The van der Waals surface area contributed by atoms with Crippen LogP contribution in [0.15, 0.2) is 29.2 Å². The van der Waals surface area contributed by atoms with Gasteiger partial charge in [0.15, 0.2) is 0 Å². The van der Waals surface area contributed by atoms with Crippen LogP contribution in [0.2, 0.25) is 10.0 Å². The zero-order valence-electron chi connectivity index (χ0n) is 14.2. The van der Waals surface area contributed by atoms with Crippen molar-refractivity contribution in [1.29, 1.82) is 0 Å². The van der Waals surface area contributed by atoms with Crippen molar-refractivity contribution in [3.63, 3.8) is 0 Å². The van der Waals surface area contributed by atoms with E-state index in [1.165, 1.54) is 0 Å². The zero-order chi connectivity index (χ0) is 18.1. The summed E-state index contributed by atoms with van der Waals surface area (Å²) >= 11 is 11.9. The molecule has 1 N–H and O–H groups in total. The SMILES string of the molecule is Cc1cc(C)c(C)c(S(=O)(=O)NCCc2ccc(Cl)c(Cl)c2)c1C. The number of hydrogen-bond donors (Lipinski definition) is 1. The Balaban J connectivity index is 2.19. The molecule has 2 aromatic rings. The Bertz CT molecular complexity index is 851. The Hall–Kier alpha value is -1.07. The van der Waals surface area contributed by atoms with Gasteiger partial charge in [-0.2, -0.15) is 0 Å². The number of nitrogens with one attached hydrogen (secondary N) is 1. The Kier molecular flexibility index (Phi) is 5.97. The van der Waals surface area contributed by atoms with Crippen LogP contribution in [-0.2, 0) is 16.4 Å². The lowest BCUT2D eigenvalue weighted by Gasteiger charge is -2.16. The van der Waals surface area contributed by atoms with Crippen LogP contribution in [0, 0.1) is 27.7 Å².